The first-order chi connectivity index (χ1) is 7.56. The van der Waals surface area contributed by atoms with E-state index in [2.05, 4.69) is 19.7 Å². The molecule has 1 aliphatic rings. The molecule has 0 bridgehead atoms. The van der Waals surface area contributed by atoms with Gasteiger partial charge in [-0.05, 0) is 18.4 Å². The predicted octanol–water partition coefficient (Wildman–Crippen LogP) is 3.76. The van der Waals surface area contributed by atoms with Crippen LogP contribution in [0.2, 0.25) is 24.7 Å². The fourth-order valence-corrected chi connectivity index (χ4v) is 6.20. The summed E-state index contributed by atoms with van der Waals surface area (Å²) in [5, 5.41) is 0. The Morgan fingerprint density at radius 1 is 1.50 bits per heavy atom. The summed E-state index contributed by atoms with van der Waals surface area (Å²) in [6.07, 6.45) is 7.72. The number of hydrogen-bond donors (Lipinski definition) is 0. The zero-order valence-electron chi connectivity index (χ0n) is 10.6. The molecule has 0 spiro atoms. The zero-order valence-corrected chi connectivity index (χ0v) is 11.6. The second-order valence-electron chi connectivity index (χ2n) is 5.45. The Hall–Kier alpha value is -0.573. The average Bonchev–Trinajstić information content (AvgIpc) is 2.25. The molecule has 0 radical (unpaired) electrons. The predicted molar refractivity (Wildman–Crippen MR) is 70.3 cm³/mol. The first-order valence-electron chi connectivity index (χ1n) is 6.35. The van der Waals surface area contributed by atoms with E-state index in [-0.39, 0.29) is 5.97 Å². The Balaban J connectivity index is 2.21. The SMILES string of the molecule is C=CC(=O)OCCCC1CCCC[Si]1(C)C. The van der Waals surface area contributed by atoms with Crippen molar-refractivity contribution in [2.75, 3.05) is 6.61 Å². The summed E-state index contributed by atoms with van der Waals surface area (Å²) in [6.45, 7) is 8.96. The molecule has 0 aromatic rings. The van der Waals surface area contributed by atoms with E-state index in [0.29, 0.717) is 6.61 Å². The van der Waals surface area contributed by atoms with Gasteiger partial charge in [-0.25, -0.2) is 4.79 Å². The molecule has 92 valence electrons. The molecule has 1 fully saturated rings. The van der Waals surface area contributed by atoms with E-state index in [1.54, 1.807) is 0 Å². The maximum Gasteiger partial charge on any atom is 0.330 e. The maximum absolute atomic E-state index is 10.9. The summed E-state index contributed by atoms with van der Waals surface area (Å²) in [5.41, 5.74) is 0.934. The molecule has 1 saturated heterocycles. The van der Waals surface area contributed by atoms with Gasteiger partial charge in [0, 0.05) is 6.08 Å². The van der Waals surface area contributed by atoms with Gasteiger partial charge in [0.15, 0.2) is 0 Å². The number of carbonyl (C=O) groups is 1. The van der Waals surface area contributed by atoms with Gasteiger partial charge in [-0.3, -0.25) is 0 Å². The largest absolute Gasteiger partial charge is 0.463 e. The quantitative estimate of drug-likeness (QED) is 0.316. The Morgan fingerprint density at radius 3 is 2.88 bits per heavy atom. The normalized spacial score (nSPS) is 23.8. The monoisotopic (exact) mass is 240 g/mol. The lowest BCUT2D eigenvalue weighted by molar-refractivity contribution is -0.137. The summed E-state index contributed by atoms with van der Waals surface area (Å²) in [5.74, 6) is -0.292. The van der Waals surface area contributed by atoms with Crippen molar-refractivity contribution in [2.45, 2.75) is 56.8 Å². The van der Waals surface area contributed by atoms with E-state index in [9.17, 15) is 4.79 Å². The standard InChI is InChI=1S/C13H24O2Si/c1-4-13(14)15-10-7-9-12-8-5-6-11-16(12,2)3/h4,12H,1,5-11H2,2-3H3. The van der Waals surface area contributed by atoms with Crippen LogP contribution < -0.4 is 0 Å². The van der Waals surface area contributed by atoms with Crippen molar-refractivity contribution in [2.24, 2.45) is 0 Å². The summed E-state index contributed by atoms with van der Waals surface area (Å²) in [6, 6.07) is 1.48. The molecule has 2 nitrogen and oxygen atoms in total. The minimum absolute atomic E-state index is 0.292. The average molecular weight is 240 g/mol. The van der Waals surface area contributed by atoms with Crippen LogP contribution in [0.15, 0.2) is 12.7 Å². The van der Waals surface area contributed by atoms with Crippen molar-refractivity contribution in [3.8, 4) is 0 Å². The minimum Gasteiger partial charge on any atom is -0.463 e. The molecular formula is C13H24O2Si. The molecule has 0 aliphatic carbocycles. The molecule has 0 amide bonds. The van der Waals surface area contributed by atoms with E-state index in [4.69, 9.17) is 4.74 Å². The first-order valence-corrected chi connectivity index (χ1v) is 9.64. The molecule has 1 rings (SSSR count). The van der Waals surface area contributed by atoms with Crippen molar-refractivity contribution in [3.05, 3.63) is 12.7 Å². The summed E-state index contributed by atoms with van der Waals surface area (Å²) in [4.78, 5) is 10.9. The second-order valence-corrected chi connectivity index (χ2v) is 10.7. The minimum atomic E-state index is -0.966. The van der Waals surface area contributed by atoms with Crippen molar-refractivity contribution < 1.29 is 9.53 Å². The van der Waals surface area contributed by atoms with Gasteiger partial charge >= 0.3 is 5.97 Å². The number of esters is 1. The number of carbonyl (C=O) groups excluding carboxylic acids is 1. The van der Waals surface area contributed by atoms with Crippen molar-refractivity contribution in [1.82, 2.24) is 0 Å². The highest BCUT2D eigenvalue weighted by Gasteiger charge is 2.33. The lowest BCUT2D eigenvalue weighted by atomic mass is 10.1. The first kappa shape index (κ1) is 13.5. The van der Waals surface area contributed by atoms with Gasteiger partial charge in [-0.1, -0.05) is 45.0 Å². The highest BCUT2D eigenvalue weighted by molar-refractivity contribution is 6.78. The Morgan fingerprint density at radius 2 is 2.25 bits per heavy atom. The third-order valence-electron chi connectivity index (χ3n) is 3.84. The fraction of sp³-hybridized carbons (Fsp3) is 0.769. The molecule has 1 aliphatic heterocycles. The van der Waals surface area contributed by atoms with Crippen LogP contribution in [0.1, 0.15) is 32.1 Å². The highest BCUT2D eigenvalue weighted by atomic mass is 28.3. The van der Waals surface area contributed by atoms with Gasteiger partial charge in [-0.2, -0.15) is 0 Å². The Kier molecular flexibility index (Phi) is 5.26. The summed E-state index contributed by atoms with van der Waals surface area (Å²) < 4.78 is 5.01. The molecule has 1 unspecified atom stereocenters. The maximum atomic E-state index is 10.9. The van der Waals surface area contributed by atoms with Crippen LogP contribution in [0, 0.1) is 0 Å². The van der Waals surface area contributed by atoms with E-state index in [0.717, 1.165) is 12.0 Å². The van der Waals surface area contributed by atoms with Crippen LogP contribution in [0.5, 0.6) is 0 Å². The van der Waals surface area contributed by atoms with Gasteiger partial charge in [0.25, 0.3) is 0 Å². The van der Waals surface area contributed by atoms with Gasteiger partial charge in [-0.15, -0.1) is 0 Å². The van der Waals surface area contributed by atoms with Crippen molar-refractivity contribution >= 4 is 14.0 Å². The van der Waals surface area contributed by atoms with Gasteiger partial charge in [0.2, 0.25) is 0 Å². The van der Waals surface area contributed by atoms with Crippen LogP contribution in [0.3, 0.4) is 0 Å². The smallest absolute Gasteiger partial charge is 0.330 e. The van der Waals surface area contributed by atoms with Gasteiger partial charge in [0.05, 0.1) is 14.7 Å². The molecule has 16 heavy (non-hydrogen) atoms. The van der Waals surface area contributed by atoms with Crippen molar-refractivity contribution in [3.63, 3.8) is 0 Å². The number of rotatable bonds is 5. The third-order valence-corrected chi connectivity index (χ3v) is 8.27. The number of ether oxygens (including phenoxy) is 1. The number of hydrogen-bond acceptors (Lipinski definition) is 2. The molecule has 0 aromatic carbocycles. The Bertz CT molecular complexity index is 248. The van der Waals surface area contributed by atoms with Gasteiger partial charge in [0.1, 0.15) is 0 Å². The molecule has 0 aromatic heterocycles. The molecule has 1 heterocycles. The summed E-state index contributed by atoms with van der Waals surface area (Å²) >= 11 is 0. The van der Waals surface area contributed by atoms with Crippen LogP contribution in [-0.2, 0) is 9.53 Å². The Labute approximate surface area is 100 Å². The molecule has 0 N–H and O–H groups in total. The van der Waals surface area contributed by atoms with Crippen LogP contribution in [0.4, 0.5) is 0 Å². The van der Waals surface area contributed by atoms with Crippen LogP contribution >= 0.6 is 0 Å². The van der Waals surface area contributed by atoms with Crippen molar-refractivity contribution in [1.29, 1.82) is 0 Å². The molecule has 3 heteroatoms. The second kappa shape index (κ2) is 6.23. The van der Waals surface area contributed by atoms with E-state index in [1.165, 1.54) is 37.8 Å². The van der Waals surface area contributed by atoms with E-state index < -0.39 is 8.07 Å². The zero-order chi connectivity index (χ0) is 12.0. The molecular weight excluding hydrogens is 216 g/mol. The molecule has 0 saturated carbocycles. The van der Waals surface area contributed by atoms with E-state index in [1.807, 2.05) is 0 Å². The van der Waals surface area contributed by atoms with Crippen LogP contribution in [0.25, 0.3) is 0 Å². The van der Waals surface area contributed by atoms with E-state index >= 15 is 0 Å². The van der Waals surface area contributed by atoms with Crippen LogP contribution in [-0.4, -0.2) is 20.7 Å². The fourth-order valence-electron chi connectivity index (χ4n) is 2.66. The lowest BCUT2D eigenvalue weighted by Crippen LogP contribution is -2.35. The molecule has 1 atom stereocenters. The van der Waals surface area contributed by atoms with Gasteiger partial charge < -0.3 is 4.74 Å². The lowest BCUT2D eigenvalue weighted by Gasteiger charge is -2.37. The highest BCUT2D eigenvalue weighted by Crippen LogP contribution is 2.40. The third kappa shape index (κ3) is 4.12. The topological polar surface area (TPSA) is 26.3 Å². The summed E-state index contributed by atoms with van der Waals surface area (Å²) in [7, 11) is -0.966.